The Morgan fingerprint density at radius 3 is 2.50 bits per heavy atom. The van der Waals surface area contributed by atoms with Crippen LogP contribution in [0.5, 0.6) is 0 Å². The van der Waals surface area contributed by atoms with Crippen molar-refractivity contribution in [1.29, 1.82) is 0 Å². The maximum absolute atomic E-state index is 11.9. The SMILES string of the molecule is CCN(CCO)C(=O)C(=O)Nc1c(C)cc(C)cc1Cl. The molecule has 0 aromatic heterocycles. The highest BCUT2D eigenvalue weighted by molar-refractivity contribution is 6.41. The highest BCUT2D eigenvalue weighted by Crippen LogP contribution is 2.27. The number of nitrogens with zero attached hydrogens (tertiary/aromatic N) is 1. The first-order valence-corrected chi connectivity index (χ1v) is 6.76. The van der Waals surface area contributed by atoms with Crippen LogP contribution in [0.2, 0.25) is 5.02 Å². The quantitative estimate of drug-likeness (QED) is 0.832. The van der Waals surface area contributed by atoms with E-state index in [1.165, 1.54) is 4.90 Å². The zero-order valence-corrected chi connectivity index (χ0v) is 12.6. The van der Waals surface area contributed by atoms with Crippen molar-refractivity contribution in [2.75, 3.05) is 25.0 Å². The Bertz CT molecular complexity index is 494. The number of carbonyl (C=O) groups excluding carboxylic acids is 2. The van der Waals surface area contributed by atoms with Gasteiger partial charge >= 0.3 is 11.8 Å². The number of halogens is 1. The molecule has 20 heavy (non-hydrogen) atoms. The van der Waals surface area contributed by atoms with Gasteiger partial charge in [0.05, 0.1) is 17.3 Å². The molecular weight excluding hydrogens is 280 g/mol. The van der Waals surface area contributed by atoms with Crippen LogP contribution in [0, 0.1) is 13.8 Å². The molecule has 0 saturated carbocycles. The van der Waals surface area contributed by atoms with E-state index in [4.69, 9.17) is 16.7 Å². The van der Waals surface area contributed by atoms with E-state index in [9.17, 15) is 9.59 Å². The Hall–Kier alpha value is -1.59. The molecule has 6 heteroatoms. The topological polar surface area (TPSA) is 69.6 Å². The van der Waals surface area contributed by atoms with E-state index < -0.39 is 11.8 Å². The number of hydrogen-bond acceptors (Lipinski definition) is 3. The summed E-state index contributed by atoms with van der Waals surface area (Å²) < 4.78 is 0. The molecule has 0 aliphatic rings. The molecule has 0 saturated heterocycles. The molecule has 1 aromatic rings. The fourth-order valence-corrected chi connectivity index (χ4v) is 2.28. The summed E-state index contributed by atoms with van der Waals surface area (Å²) in [5.41, 5.74) is 2.21. The Morgan fingerprint density at radius 1 is 1.35 bits per heavy atom. The second-order valence-electron chi connectivity index (χ2n) is 4.50. The van der Waals surface area contributed by atoms with Crippen LogP contribution >= 0.6 is 11.6 Å². The van der Waals surface area contributed by atoms with Crippen molar-refractivity contribution < 1.29 is 14.7 Å². The Balaban J connectivity index is 2.88. The minimum Gasteiger partial charge on any atom is -0.395 e. The average molecular weight is 299 g/mol. The first-order valence-electron chi connectivity index (χ1n) is 6.38. The second kappa shape index (κ2) is 7.26. The first kappa shape index (κ1) is 16.5. The maximum atomic E-state index is 11.9. The Kier molecular flexibility index (Phi) is 5.98. The van der Waals surface area contributed by atoms with Crippen LogP contribution in [-0.4, -0.2) is 41.5 Å². The molecule has 0 aliphatic heterocycles. The summed E-state index contributed by atoms with van der Waals surface area (Å²) in [5.74, 6) is -1.44. The van der Waals surface area contributed by atoms with Gasteiger partial charge in [0.2, 0.25) is 0 Å². The molecule has 5 nitrogen and oxygen atoms in total. The number of hydrogen-bond donors (Lipinski definition) is 2. The number of anilines is 1. The number of carbonyl (C=O) groups is 2. The van der Waals surface area contributed by atoms with Gasteiger partial charge in [-0.15, -0.1) is 0 Å². The summed E-state index contributed by atoms with van der Waals surface area (Å²) in [4.78, 5) is 25.1. The third kappa shape index (κ3) is 3.95. The van der Waals surface area contributed by atoms with E-state index in [1.807, 2.05) is 19.9 Å². The summed E-state index contributed by atoms with van der Waals surface area (Å²) in [7, 11) is 0. The van der Waals surface area contributed by atoms with E-state index in [0.29, 0.717) is 17.3 Å². The largest absolute Gasteiger partial charge is 0.395 e. The average Bonchev–Trinajstić information content (AvgIpc) is 2.39. The molecule has 0 bridgehead atoms. The second-order valence-corrected chi connectivity index (χ2v) is 4.91. The fourth-order valence-electron chi connectivity index (χ4n) is 1.91. The summed E-state index contributed by atoms with van der Waals surface area (Å²) in [6, 6.07) is 3.59. The van der Waals surface area contributed by atoms with Crippen molar-refractivity contribution >= 4 is 29.1 Å². The third-order valence-corrected chi connectivity index (χ3v) is 3.20. The number of nitrogens with one attached hydrogen (secondary N) is 1. The van der Waals surface area contributed by atoms with Gasteiger partial charge in [0, 0.05) is 13.1 Å². The smallest absolute Gasteiger partial charge is 0.313 e. The van der Waals surface area contributed by atoms with Crippen molar-refractivity contribution in [3.63, 3.8) is 0 Å². The lowest BCUT2D eigenvalue weighted by atomic mass is 10.1. The number of aliphatic hydroxyl groups excluding tert-OH is 1. The van der Waals surface area contributed by atoms with Crippen molar-refractivity contribution in [3.8, 4) is 0 Å². The Labute approximate surface area is 123 Å². The van der Waals surface area contributed by atoms with Crippen LogP contribution in [0.4, 0.5) is 5.69 Å². The van der Waals surface area contributed by atoms with Gasteiger partial charge < -0.3 is 15.3 Å². The van der Waals surface area contributed by atoms with Crippen molar-refractivity contribution in [2.24, 2.45) is 0 Å². The van der Waals surface area contributed by atoms with Crippen molar-refractivity contribution in [3.05, 3.63) is 28.3 Å². The lowest BCUT2D eigenvalue weighted by molar-refractivity contribution is -0.143. The maximum Gasteiger partial charge on any atom is 0.313 e. The van der Waals surface area contributed by atoms with E-state index in [0.717, 1.165) is 11.1 Å². The number of aliphatic hydroxyl groups is 1. The van der Waals surface area contributed by atoms with Gasteiger partial charge in [0.25, 0.3) is 0 Å². The van der Waals surface area contributed by atoms with Gasteiger partial charge in [-0.3, -0.25) is 9.59 Å². The minimum absolute atomic E-state index is 0.128. The molecule has 0 unspecified atom stereocenters. The van der Waals surface area contributed by atoms with Crippen molar-refractivity contribution in [2.45, 2.75) is 20.8 Å². The van der Waals surface area contributed by atoms with Gasteiger partial charge in [0.15, 0.2) is 0 Å². The first-order chi connectivity index (χ1) is 9.40. The van der Waals surface area contributed by atoms with Crippen LogP contribution in [0.25, 0.3) is 0 Å². The van der Waals surface area contributed by atoms with Crippen LogP contribution in [0.1, 0.15) is 18.1 Å². The molecule has 1 rings (SSSR count). The fraction of sp³-hybridized carbons (Fsp3) is 0.429. The highest BCUT2D eigenvalue weighted by atomic mass is 35.5. The molecule has 110 valence electrons. The molecule has 0 radical (unpaired) electrons. The summed E-state index contributed by atoms with van der Waals surface area (Å²) in [6.07, 6.45) is 0. The standard InChI is InChI=1S/C14H19ClN2O3/c1-4-17(5-6-18)14(20)13(19)16-12-10(3)7-9(2)8-11(12)15/h7-8,18H,4-6H2,1-3H3,(H,16,19). The van der Waals surface area contributed by atoms with Gasteiger partial charge in [-0.2, -0.15) is 0 Å². The van der Waals surface area contributed by atoms with Crippen molar-refractivity contribution in [1.82, 2.24) is 4.90 Å². The molecule has 2 amide bonds. The molecule has 0 aliphatic carbocycles. The van der Waals surface area contributed by atoms with Gasteiger partial charge in [0.1, 0.15) is 0 Å². The molecule has 1 aromatic carbocycles. The number of likely N-dealkylation sites (N-methyl/N-ethyl adjacent to an activating group) is 1. The molecular formula is C14H19ClN2O3. The lowest BCUT2D eigenvalue weighted by Gasteiger charge is -2.19. The number of rotatable bonds is 4. The summed E-state index contributed by atoms with van der Waals surface area (Å²) in [6.45, 7) is 5.75. The van der Waals surface area contributed by atoms with Gasteiger partial charge in [-0.05, 0) is 38.0 Å². The monoisotopic (exact) mass is 298 g/mol. The van der Waals surface area contributed by atoms with Crippen LogP contribution in [0.15, 0.2) is 12.1 Å². The minimum atomic E-state index is -0.755. The number of aryl methyl sites for hydroxylation is 2. The van der Waals surface area contributed by atoms with Gasteiger partial charge in [-0.25, -0.2) is 0 Å². The molecule has 0 spiro atoms. The molecule has 0 atom stereocenters. The van der Waals surface area contributed by atoms with E-state index in [-0.39, 0.29) is 13.2 Å². The summed E-state index contributed by atoms with van der Waals surface area (Å²) in [5, 5.41) is 11.8. The zero-order valence-electron chi connectivity index (χ0n) is 11.9. The number of amides is 2. The molecule has 0 fully saturated rings. The predicted octanol–water partition coefficient (Wildman–Crippen LogP) is 1.74. The lowest BCUT2D eigenvalue weighted by Crippen LogP contribution is -2.41. The van der Waals surface area contributed by atoms with Crippen LogP contribution in [0.3, 0.4) is 0 Å². The van der Waals surface area contributed by atoms with E-state index >= 15 is 0 Å². The highest BCUT2D eigenvalue weighted by Gasteiger charge is 2.21. The number of benzene rings is 1. The van der Waals surface area contributed by atoms with Crippen LogP contribution < -0.4 is 5.32 Å². The third-order valence-electron chi connectivity index (χ3n) is 2.90. The Morgan fingerprint density at radius 2 is 2.00 bits per heavy atom. The zero-order chi connectivity index (χ0) is 15.3. The molecule has 2 N–H and O–H groups in total. The summed E-state index contributed by atoms with van der Waals surface area (Å²) >= 11 is 6.08. The predicted molar refractivity (Wildman–Crippen MR) is 78.9 cm³/mol. The van der Waals surface area contributed by atoms with Crippen LogP contribution in [-0.2, 0) is 9.59 Å². The van der Waals surface area contributed by atoms with E-state index in [1.54, 1.807) is 13.0 Å². The molecule has 0 heterocycles. The van der Waals surface area contributed by atoms with Gasteiger partial charge in [-0.1, -0.05) is 17.7 Å². The normalized spacial score (nSPS) is 10.2. The van der Waals surface area contributed by atoms with E-state index in [2.05, 4.69) is 5.32 Å².